The van der Waals surface area contributed by atoms with Crippen LogP contribution < -0.4 is 5.32 Å². The number of hydrogen-bond acceptors (Lipinski definition) is 5. The molecule has 28 heavy (non-hydrogen) atoms. The summed E-state index contributed by atoms with van der Waals surface area (Å²) < 4.78 is 9.82. The number of hydrogen-bond donors (Lipinski definition) is 2. The van der Waals surface area contributed by atoms with Crippen molar-refractivity contribution in [2.75, 3.05) is 14.2 Å². The average Bonchev–Trinajstić information content (AvgIpc) is 3.07. The third-order valence-electron chi connectivity index (χ3n) is 4.74. The van der Waals surface area contributed by atoms with Gasteiger partial charge in [-0.1, -0.05) is 48.5 Å². The van der Waals surface area contributed by atoms with E-state index in [1.165, 1.54) is 14.2 Å². The van der Waals surface area contributed by atoms with Crippen LogP contribution in [0.2, 0.25) is 0 Å². The summed E-state index contributed by atoms with van der Waals surface area (Å²) in [6.07, 6.45) is 0.517. The number of fused-ring (bicyclic) bond motifs is 1. The van der Waals surface area contributed by atoms with Crippen LogP contribution in [-0.2, 0) is 38.4 Å². The van der Waals surface area contributed by atoms with Crippen molar-refractivity contribution < 1.29 is 19.1 Å². The minimum absolute atomic E-state index is 0.118. The van der Waals surface area contributed by atoms with Crippen molar-refractivity contribution in [3.8, 4) is 0 Å². The Bertz CT molecular complexity index is 950. The first-order chi connectivity index (χ1) is 13.6. The van der Waals surface area contributed by atoms with Crippen molar-refractivity contribution in [2.45, 2.75) is 25.4 Å². The van der Waals surface area contributed by atoms with Gasteiger partial charge in [0.1, 0.15) is 6.04 Å². The summed E-state index contributed by atoms with van der Waals surface area (Å²) in [5, 5.41) is 4.26. The maximum absolute atomic E-state index is 12.4. The molecule has 0 spiro atoms. The van der Waals surface area contributed by atoms with Gasteiger partial charge in [-0.25, -0.2) is 0 Å². The second kappa shape index (κ2) is 9.19. The first kappa shape index (κ1) is 19.6. The van der Waals surface area contributed by atoms with Gasteiger partial charge in [-0.15, -0.1) is 0 Å². The minimum Gasteiger partial charge on any atom is -0.469 e. The summed E-state index contributed by atoms with van der Waals surface area (Å²) in [7, 11) is 2.74. The van der Waals surface area contributed by atoms with Crippen molar-refractivity contribution in [1.29, 1.82) is 0 Å². The molecule has 3 aromatic rings. The highest BCUT2D eigenvalue weighted by Gasteiger charge is 2.24. The number of esters is 2. The zero-order chi connectivity index (χ0) is 19.9. The molecule has 146 valence electrons. The lowest BCUT2D eigenvalue weighted by Crippen LogP contribution is -2.39. The molecule has 0 amide bonds. The number of rotatable bonds is 8. The van der Waals surface area contributed by atoms with Crippen LogP contribution in [0.3, 0.4) is 0 Å². The second-order valence-electron chi connectivity index (χ2n) is 6.53. The molecule has 1 heterocycles. The Morgan fingerprint density at radius 2 is 1.71 bits per heavy atom. The fourth-order valence-corrected chi connectivity index (χ4v) is 3.28. The number of nitrogens with one attached hydrogen (secondary N) is 2. The molecule has 3 rings (SSSR count). The van der Waals surface area contributed by atoms with Crippen LogP contribution in [0.15, 0.2) is 54.6 Å². The number of carbonyl (C=O) groups excluding carboxylic acids is 2. The molecular formula is C22H24N2O4. The van der Waals surface area contributed by atoms with Gasteiger partial charge < -0.3 is 19.8 Å². The number of ether oxygens (including phenoxy) is 2. The Morgan fingerprint density at radius 1 is 1.00 bits per heavy atom. The summed E-state index contributed by atoms with van der Waals surface area (Å²) in [6.45, 7) is 0.537. The number of carbonyl (C=O) groups is 2. The number of aromatic nitrogens is 1. The molecule has 0 aliphatic rings. The molecule has 0 unspecified atom stereocenters. The lowest BCUT2D eigenvalue weighted by molar-refractivity contribution is -0.143. The maximum atomic E-state index is 12.4. The molecular weight excluding hydrogens is 356 g/mol. The van der Waals surface area contributed by atoms with Gasteiger partial charge in [-0.2, -0.15) is 0 Å². The quantitative estimate of drug-likeness (QED) is 0.588. The summed E-state index contributed by atoms with van der Waals surface area (Å²) in [5.41, 5.74) is 3.66. The summed E-state index contributed by atoms with van der Waals surface area (Å²) >= 11 is 0. The molecule has 0 saturated heterocycles. The van der Waals surface area contributed by atoms with E-state index in [0.717, 1.165) is 27.7 Å². The highest BCUT2D eigenvalue weighted by Crippen LogP contribution is 2.25. The van der Waals surface area contributed by atoms with Crippen molar-refractivity contribution in [2.24, 2.45) is 0 Å². The number of aromatic amines is 1. The van der Waals surface area contributed by atoms with E-state index in [4.69, 9.17) is 9.47 Å². The molecule has 0 saturated carbocycles. The highest BCUT2D eigenvalue weighted by atomic mass is 16.5. The summed E-state index contributed by atoms with van der Waals surface area (Å²) in [4.78, 5) is 27.5. The molecule has 0 bridgehead atoms. The van der Waals surface area contributed by atoms with E-state index in [-0.39, 0.29) is 18.4 Å². The summed E-state index contributed by atoms with van der Waals surface area (Å²) in [5.74, 6) is -0.676. The second-order valence-corrected chi connectivity index (χ2v) is 6.53. The molecule has 1 aromatic heterocycles. The van der Waals surface area contributed by atoms with Gasteiger partial charge in [0.25, 0.3) is 0 Å². The van der Waals surface area contributed by atoms with E-state index in [9.17, 15) is 9.59 Å². The van der Waals surface area contributed by atoms with Crippen LogP contribution in [0.5, 0.6) is 0 Å². The Labute approximate surface area is 163 Å². The van der Waals surface area contributed by atoms with Crippen LogP contribution in [-0.4, -0.2) is 37.2 Å². The van der Waals surface area contributed by atoms with Crippen LogP contribution in [0.25, 0.3) is 10.9 Å². The predicted molar refractivity (Wildman–Crippen MR) is 107 cm³/mol. The monoisotopic (exact) mass is 380 g/mol. The smallest absolute Gasteiger partial charge is 0.323 e. The Morgan fingerprint density at radius 3 is 2.43 bits per heavy atom. The number of para-hydroxylation sites is 1. The topological polar surface area (TPSA) is 80.4 Å². The molecule has 2 N–H and O–H groups in total. The van der Waals surface area contributed by atoms with E-state index < -0.39 is 6.04 Å². The molecule has 6 nitrogen and oxygen atoms in total. The third kappa shape index (κ3) is 4.58. The first-order valence-corrected chi connectivity index (χ1v) is 9.12. The van der Waals surface area contributed by atoms with Crippen LogP contribution in [0.1, 0.15) is 16.8 Å². The van der Waals surface area contributed by atoms with E-state index in [2.05, 4.69) is 10.3 Å². The lowest BCUT2D eigenvalue weighted by atomic mass is 10.0. The van der Waals surface area contributed by atoms with Gasteiger partial charge in [0, 0.05) is 29.6 Å². The highest BCUT2D eigenvalue weighted by molar-refractivity contribution is 5.87. The predicted octanol–water partition coefficient (Wildman–Crippen LogP) is 2.76. The number of H-pyrrole nitrogens is 1. The van der Waals surface area contributed by atoms with Crippen molar-refractivity contribution >= 4 is 22.8 Å². The molecule has 1 atom stereocenters. The standard InChI is InChI=1S/C22H24N2O4/c1-27-21(25)13-19-17(16-10-6-7-11-18(16)24-19)12-20(22(26)28-2)23-14-15-8-4-3-5-9-15/h3-11,20,23-24H,12-14H2,1-2H3/t20-/m0/s1. The van der Waals surface area contributed by atoms with Crippen molar-refractivity contribution in [3.63, 3.8) is 0 Å². The summed E-state index contributed by atoms with van der Waals surface area (Å²) in [6, 6.07) is 17.1. The van der Waals surface area contributed by atoms with E-state index in [1.807, 2.05) is 54.6 Å². The van der Waals surface area contributed by atoms with Gasteiger partial charge in [-0.3, -0.25) is 9.59 Å². The van der Waals surface area contributed by atoms with Crippen LogP contribution in [0.4, 0.5) is 0 Å². The Balaban J connectivity index is 1.88. The third-order valence-corrected chi connectivity index (χ3v) is 4.74. The van der Waals surface area contributed by atoms with Gasteiger partial charge in [0.2, 0.25) is 0 Å². The van der Waals surface area contributed by atoms with Crippen molar-refractivity contribution in [1.82, 2.24) is 10.3 Å². The molecule has 6 heteroatoms. The maximum Gasteiger partial charge on any atom is 0.323 e. The molecule has 0 radical (unpaired) electrons. The van der Waals surface area contributed by atoms with Gasteiger partial charge in [0.05, 0.1) is 20.6 Å². The zero-order valence-corrected chi connectivity index (χ0v) is 16.0. The Kier molecular flexibility index (Phi) is 6.45. The van der Waals surface area contributed by atoms with E-state index >= 15 is 0 Å². The van der Waals surface area contributed by atoms with E-state index in [0.29, 0.717) is 13.0 Å². The van der Waals surface area contributed by atoms with Gasteiger partial charge in [-0.05, 0) is 17.2 Å². The van der Waals surface area contributed by atoms with E-state index in [1.54, 1.807) is 0 Å². The first-order valence-electron chi connectivity index (χ1n) is 9.12. The fraction of sp³-hybridized carbons (Fsp3) is 0.273. The largest absolute Gasteiger partial charge is 0.469 e. The Hall–Kier alpha value is -3.12. The number of methoxy groups -OCH3 is 2. The normalized spacial score (nSPS) is 11.9. The molecule has 0 aliphatic heterocycles. The molecule has 2 aromatic carbocycles. The number of benzene rings is 2. The SMILES string of the molecule is COC(=O)Cc1[nH]c2ccccc2c1C[C@H](NCc1ccccc1)C(=O)OC. The van der Waals surface area contributed by atoms with Crippen LogP contribution in [0, 0.1) is 0 Å². The molecule has 0 fully saturated rings. The van der Waals surface area contributed by atoms with Gasteiger partial charge in [0.15, 0.2) is 0 Å². The average molecular weight is 380 g/mol. The lowest BCUT2D eigenvalue weighted by Gasteiger charge is -2.17. The van der Waals surface area contributed by atoms with Gasteiger partial charge >= 0.3 is 11.9 Å². The fourth-order valence-electron chi connectivity index (χ4n) is 3.28. The zero-order valence-electron chi connectivity index (χ0n) is 16.0. The molecule has 0 aliphatic carbocycles. The van der Waals surface area contributed by atoms with Crippen LogP contribution >= 0.6 is 0 Å². The minimum atomic E-state index is -0.541. The van der Waals surface area contributed by atoms with Crippen molar-refractivity contribution in [3.05, 3.63) is 71.4 Å².